The van der Waals surface area contributed by atoms with Crippen molar-refractivity contribution in [1.82, 2.24) is 5.43 Å². The Morgan fingerprint density at radius 3 is 2.50 bits per heavy atom. The van der Waals surface area contributed by atoms with Crippen LogP contribution in [0, 0.1) is 5.82 Å². The van der Waals surface area contributed by atoms with Crippen LogP contribution in [0.5, 0.6) is 0 Å². The van der Waals surface area contributed by atoms with Crippen molar-refractivity contribution < 1.29 is 13.9 Å². The van der Waals surface area contributed by atoms with Crippen LogP contribution in [0.3, 0.4) is 0 Å². The highest BCUT2D eigenvalue weighted by Gasteiger charge is 2.16. The lowest BCUT2D eigenvalue weighted by molar-refractivity contribution is 0.0541. The van der Waals surface area contributed by atoms with Gasteiger partial charge in [0.1, 0.15) is 16.4 Å². The smallest absolute Gasteiger partial charge is 0.426 e. The van der Waals surface area contributed by atoms with Crippen LogP contribution in [-0.4, -0.2) is 11.7 Å². The van der Waals surface area contributed by atoms with Gasteiger partial charge in [0.25, 0.3) is 0 Å². The van der Waals surface area contributed by atoms with Gasteiger partial charge in [0, 0.05) is 5.02 Å². The summed E-state index contributed by atoms with van der Waals surface area (Å²) in [6, 6.07) is 2.45. The van der Waals surface area contributed by atoms with Gasteiger partial charge in [-0.15, -0.1) is 0 Å². The zero-order valence-electron chi connectivity index (χ0n) is 10.1. The standard InChI is InChI=1S/C11H13Cl2FN2O2/c1-11(2,3)18-10(17)16-15-8-5-6(12)4-7(14)9(8)13/h4-5,15H,1-3H3,(H,16,17). The molecule has 1 rings (SSSR count). The van der Waals surface area contributed by atoms with Crippen molar-refractivity contribution in [3.63, 3.8) is 0 Å². The molecule has 0 aliphatic heterocycles. The van der Waals surface area contributed by atoms with E-state index in [0.717, 1.165) is 6.07 Å². The first-order valence-corrected chi connectivity index (χ1v) is 5.84. The van der Waals surface area contributed by atoms with E-state index in [2.05, 4.69) is 10.9 Å². The Hall–Kier alpha value is -1.20. The molecular weight excluding hydrogens is 282 g/mol. The number of halogens is 3. The molecule has 0 heterocycles. The van der Waals surface area contributed by atoms with Gasteiger partial charge < -0.3 is 4.74 Å². The van der Waals surface area contributed by atoms with E-state index in [1.807, 2.05) is 0 Å². The zero-order chi connectivity index (χ0) is 13.9. The first-order chi connectivity index (χ1) is 8.19. The summed E-state index contributed by atoms with van der Waals surface area (Å²) in [5.41, 5.74) is 4.18. The highest BCUT2D eigenvalue weighted by molar-refractivity contribution is 6.35. The number of nitrogens with one attached hydrogen (secondary N) is 2. The molecule has 0 aromatic heterocycles. The molecule has 0 radical (unpaired) electrons. The summed E-state index contributed by atoms with van der Waals surface area (Å²) in [5.74, 6) is -0.683. The van der Waals surface area contributed by atoms with Gasteiger partial charge in [-0.2, -0.15) is 0 Å². The van der Waals surface area contributed by atoms with E-state index in [1.165, 1.54) is 6.07 Å². The molecule has 0 aliphatic carbocycles. The number of hydrogen-bond acceptors (Lipinski definition) is 3. The van der Waals surface area contributed by atoms with Crippen LogP contribution in [0.4, 0.5) is 14.9 Å². The third-order valence-electron chi connectivity index (χ3n) is 1.69. The number of carbonyl (C=O) groups excluding carboxylic acids is 1. The van der Waals surface area contributed by atoms with Crippen LogP contribution < -0.4 is 10.9 Å². The van der Waals surface area contributed by atoms with Crippen LogP contribution in [0.2, 0.25) is 10.0 Å². The van der Waals surface area contributed by atoms with E-state index in [-0.39, 0.29) is 15.7 Å². The second kappa shape index (κ2) is 5.63. The Balaban J connectivity index is 2.67. The van der Waals surface area contributed by atoms with E-state index < -0.39 is 17.5 Å². The highest BCUT2D eigenvalue weighted by atomic mass is 35.5. The summed E-state index contributed by atoms with van der Waals surface area (Å²) in [7, 11) is 0. The average molecular weight is 295 g/mol. The van der Waals surface area contributed by atoms with Crippen LogP contribution in [0.15, 0.2) is 12.1 Å². The van der Waals surface area contributed by atoms with Gasteiger partial charge in [0.2, 0.25) is 0 Å². The summed E-state index contributed by atoms with van der Waals surface area (Å²) in [5, 5.41) is -0.0131. The lowest BCUT2D eigenvalue weighted by Crippen LogP contribution is -2.35. The van der Waals surface area contributed by atoms with Crippen molar-refractivity contribution in [3.05, 3.63) is 28.0 Å². The number of amides is 1. The molecule has 0 saturated heterocycles. The molecule has 0 bridgehead atoms. The second-order valence-corrected chi connectivity index (χ2v) is 5.32. The summed E-state index contributed by atoms with van der Waals surface area (Å²) in [6.45, 7) is 5.16. The minimum atomic E-state index is -0.709. The van der Waals surface area contributed by atoms with Gasteiger partial charge in [0.15, 0.2) is 0 Å². The van der Waals surface area contributed by atoms with Crippen molar-refractivity contribution in [3.8, 4) is 0 Å². The lowest BCUT2D eigenvalue weighted by Gasteiger charge is -2.20. The summed E-state index contributed by atoms with van der Waals surface area (Å²) in [6.07, 6.45) is -0.709. The molecule has 18 heavy (non-hydrogen) atoms. The number of ether oxygens (including phenoxy) is 1. The van der Waals surface area contributed by atoms with Crippen LogP contribution in [0.25, 0.3) is 0 Å². The molecule has 1 amide bonds. The van der Waals surface area contributed by atoms with Crippen LogP contribution in [0.1, 0.15) is 20.8 Å². The van der Waals surface area contributed by atoms with E-state index in [0.29, 0.717) is 0 Å². The fraction of sp³-hybridized carbons (Fsp3) is 0.364. The van der Waals surface area contributed by atoms with Crippen molar-refractivity contribution in [2.75, 3.05) is 5.43 Å². The maximum Gasteiger partial charge on any atom is 0.426 e. The van der Waals surface area contributed by atoms with Crippen LogP contribution in [-0.2, 0) is 4.74 Å². The molecule has 0 atom stereocenters. The van der Waals surface area contributed by atoms with Crippen molar-refractivity contribution >= 4 is 35.0 Å². The van der Waals surface area contributed by atoms with E-state index >= 15 is 0 Å². The van der Waals surface area contributed by atoms with E-state index in [1.54, 1.807) is 20.8 Å². The first-order valence-electron chi connectivity index (χ1n) is 5.08. The molecular formula is C11H13Cl2FN2O2. The number of hydrogen-bond donors (Lipinski definition) is 2. The van der Waals surface area contributed by atoms with Crippen molar-refractivity contribution in [2.45, 2.75) is 26.4 Å². The molecule has 1 aromatic rings. The first kappa shape index (κ1) is 14.9. The topological polar surface area (TPSA) is 50.4 Å². The number of benzene rings is 1. The minimum absolute atomic E-state index is 0.146. The Morgan fingerprint density at radius 1 is 1.33 bits per heavy atom. The average Bonchev–Trinajstić information content (AvgIpc) is 2.18. The fourth-order valence-electron chi connectivity index (χ4n) is 1.07. The summed E-state index contributed by atoms with van der Waals surface area (Å²) >= 11 is 11.4. The molecule has 1 aromatic carbocycles. The fourth-order valence-corrected chi connectivity index (χ4v) is 1.43. The highest BCUT2D eigenvalue weighted by Crippen LogP contribution is 2.28. The monoisotopic (exact) mass is 294 g/mol. The zero-order valence-corrected chi connectivity index (χ0v) is 11.6. The quantitative estimate of drug-likeness (QED) is 0.641. The number of hydrazine groups is 1. The van der Waals surface area contributed by atoms with Gasteiger partial charge in [0.05, 0.1) is 5.69 Å². The lowest BCUT2D eigenvalue weighted by atomic mass is 10.2. The predicted octanol–water partition coefficient (Wildman–Crippen LogP) is 3.98. The molecule has 0 aliphatic rings. The van der Waals surface area contributed by atoms with Gasteiger partial charge in [-0.25, -0.2) is 14.6 Å². The third-order valence-corrected chi connectivity index (χ3v) is 2.29. The maximum atomic E-state index is 13.2. The normalized spacial score (nSPS) is 11.0. The Morgan fingerprint density at radius 2 is 1.94 bits per heavy atom. The van der Waals surface area contributed by atoms with Gasteiger partial charge in [-0.3, -0.25) is 5.43 Å². The molecule has 0 unspecified atom stereocenters. The Bertz CT molecular complexity index is 461. The molecule has 7 heteroatoms. The molecule has 4 nitrogen and oxygen atoms in total. The number of anilines is 1. The Labute approximate surface area is 114 Å². The van der Waals surface area contributed by atoms with Gasteiger partial charge in [-0.05, 0) is 32.9 Å². The Kier molecular flexibility index (Phi) is 4.65. The van der Waals surface area contributed by atoms with Gasteiger partial charge in [-0.1, -0.05) is 23.2 Å². The summed E-state index contributed by atoms with van der Waals surface area (Å²) < 4.78 is 18.2. The number of carbonyl (C=O) groups is 1. The molecule has 0 spiro atoms. The number of rotatable bonds is 2. The van der Waals surface area contributed by atoms with Gasteiger partial charge >= 0.3 is 6.09 Å². The SMILES string of the molecule is CC(C)(C)OC(=O)NNc1cc(Cl)cc(F)c1Cl. The second-order valence-electron chi connectivity index (χ2n) is 4.50. The third kappa shape index (κ3) is 4.58. The maximum absolute atomic E-state index is 13.2. The predicted molar refractivity (Wildman–Crippen MR) is 69.4 cm³/mol. The van der Waals surface area contributed by atoms with E-state index in [4.69, 9.17) is 27.9 Å². The van der Waals surface area contributed by atoms with Crippen molar-refractivity contribution in [2.24, 2.45) is 0 Å². The summed E-state index contributed by atoms with van der Waals surface area (Å²) in [4.78, 5) is 11.3. The molecule has 2 N–H and O–H groups in total. The van der Waals surface area contributed by atoms with Crippen molar-refractivity contribution in [1.29, 1.82) is 0 Å². The van der Waals surface area contributed by atoms with Crippen LogP contribution >= 0.6 is 23.2 Å². The minimum Gasteiger partial charge on any atom is -0.443 e. The largest absolute Gasteiger partial charge is 0.443 e. The molecule has 0 saturated carbocycles. The van der Waals surface area contributed by atoms with E-state index in [9.17, 15) is 9.18 Å². The molecule has 0 fully saturated rings. The molecule has 100 valence electrons.